The number of rotatable bonds is 7. The Hall–Kier alpha value is -3.23. The summed E-state index contributed by atoms with van der Waals surface area (Å²) in [6.45, 7) is 8.97. The van der Waals surface area contributed by atoms with Crippen LogP contribution in [0.5, 0.6) is 5.75 Å². The van der Waals surface area contributed by atoms with E-state index in [0.717, 1.165) is 38.4 Å². The summed E-state index contributed by atoms with van der Waals surface area (Å²) in [7, 11) is 0. The summed E-state index contributed by atoms with van der Waals surface area (Å²) in [5, 5.41) is 3.26. The number of aromatic nitrogens is 2. The van der Waals surface area contributed by atoms with Gasteiger partial charge in [-0.15, -0.1) is 0 Å². The molecule has 1 fully saturated rings. The Morgan fingerprint density at radius 1 is 1.19 bits per heavy atom. The number of nitrogens with one attached hydrogen (secondary N) is 1. The molecule has 3 aromatic rings. The number of morpholine rings is 1. The summed E-state index contributed by atoms with van der Waals surface area (Å²) < 4.78 is 12.8. The van der Waals surface area contributed by atoms with E-state index in [1.165, 1.54) is 10.9 Å². The third-order valence-corrected chi connectivity index (χ3v) is 5.58. The topological polar surface area (TPSA) is 85.7 Å². The van der Waals surface area contributed by atoms with Crippen molar-refractivity contribution >= 4 is 16.8 Å². The Bertz CT molecular complexity index is 1170. The molecule has 1 saturated heterocycles. The Kier molecular flexibility index (Phi) is 6.82. The Labute approximate surface area is 186 Å². The number of carbonyl (C=O) groups excluding carboxylic acids is 1. The summed E-state index contributed by atoms with van der Waals surface area (Å²) in [6.07, 6.45) is 1.51. The van der Waals surface area contributed by atoms with Crippen LogP contribution in [0.15, 0.2) is 47.5 Å². The summed E-state index contributed by atoms with van der Waals surface area (Å²) in [6, 6.07) is 10.7. The maximum Gasteiger partial charge on any atom is 0.265 e. The van der Waals surface area contributed by atoms with Crippen LogP contribution in [-0.2, 0) is 4.74 Å². The minimum absolute atomic E-state index is 0.175. The zero-order valence-corrected chi connectivity index (χ0v) is 18.5. The molecule has 4 rings (SSSR count). The molecule has 1 aromatic heterocycles. The van der Waals surface area contributed by atoms with Crippen molar-refractivity contribution < 1.29 is 14.3 Å². The lowest BCUT2D eigenvalue weighted by Gasteiger charge is -2.26. The van der Waals surface area contributed by atoms with Crippen LogP contribution in [0.25, 0.3) is 16.6 Å². The molecule has 1 aliphatic heterocycles. The number of benzene rings is 2. The molecule has 8 heteroatoms. The van der Waals surface area contributed by atoms with E-state index in [0.29, 0.717) is 41.1 Å². The second-order valence-corrected chi connectivity index (χ2v) is 7.76. The first-order chi connectivity index (χ1) is 15.6. The zero-order valence-electron chi connectivity index (χ0n) is 18.5. The second-order valence-electron chi connectivity index (χ2n) is 7.76. The van der Waals surface area contributed by atoms with E-state index >= 15 is 0 Å². The molecule has 1 amide bonds. The maximum atomic E-state index is 13.3. The molecule has 0 unspecified atom stereocenters. The first-order valence-electron chi connectivity index (χ1n) is 10.9. The fraction of sp³-hybridized carbons (Fsp3) is 0.375. The lowest BCUT2D eigenvalue weighted by Crippen LogP contribution is -2.38. The monoisotopic (exact) mass is 436 g/mol. The zero-order chi connectivity index (χ0) is 22.5. The largest absolute Gasteiger partial charge is 0.492 e. The second kappa shape index (κ2) is 9.93. The van der Waals surface area contributed by atoms with E-state index in [2.05, 4.69) is 15.2 Å². The molecule has 0 spiro atoms. The van der Waals surface area contributed by atoms with Crippen LogP contribution in [0.1, 0.15) is 22.8 Å². The van der Waals surface area contributed by atoms with Crippen molar-refractivity contribution in [1.82, 2.24) is 19.8 Å². The quantitative estimate of drug-likeness (QED) is 0.611. The number of hydrogen-bond acceptors (Lipinski definition) is 6. The number of amides is 1. The summed E-state index contributed by atoms with van der Waals surface area (Å²) >= 11 is 0. The van der Waals surface area contributed by atoms with Gasteiger partial charge in [0.15, 0.2) is 0 Å². The van der Waals surface area contributed by atoms with Crippen molar-refractivity contribution in [2.75, 3.05) is 46.0 Å². The van der Waals surface area contributed by atoms with Crippen molar-refractivity contribution in [1.29, 1.82) is 0 Å². The number of fused-ring (bicyclic) bond motifs is 1. The minimum Gasteiger partial charge on any atom is -0.492 e. The highest BCUT2D eigenvalue weighted by Crippen LogP contribution is 2.19. The molecule has 1 aliphatic rings. The first kappa shape index (κ1) is 22.0. The van der Waals surface area contributed by atoms with E-state index in [-0.39, 0.29) is 11.5 Å². The smallest absolute Gasteiger partial charge is 0.265 e. The highest BCUT2D eigenvalue weighted by molar-refractivity contribution is 5.94. The molecule has 0 aliphatic carbocycles. The van der Waals surface area contributed by atoms with Crippen molar-refractivity contribution in [3.63, 3.8) is 0 Å². The van der Waals surface area contributed by atoms with Crippen LogP contribution in [0.2, 0.25) is 0 Å². The van der Waals surface area contributed by atoms with Gasteiger partial charge in [-0.1, -0.05) is 6.07 Å². The van der Waals surface area contributed by atoms with Crippen LogP contribution in [0.3, 0.4) is 0 Å². The van der Waals surface area contributed by atoms with Gasteiger partial charge >= 0.3 is 0 Å². The average Bonchev–Trinajstić information content (AvgIpc) is 2.81. The number of ether oxygens (including phenoxy) is 2. The average molecular weight is 437 g/mol. The Balaban J connectivity index is 1.60. The van der Waals surface area contributed by atoms with E-state index < -0.39 is 0 Å². The predicted molar refractivity (Wildman–Crippen MR) is 123 cm³/mol. The summed E-state index contributed by atoms with van der Waals surface area (Å²) in [5.41, 5.74) is 2.40. The van der Waals surface area contributed by atoms with Crippen molar-refractivity contribution in [2.45, 2.75) is 13.8 Å². The van der Waals surface area contributed by atoms with Gasteiger partial charge in [0.25, 0.3) is 11.5 Å². The predicted octanol–water partition coefficient (Wildman–Crippen LogP) is 2.15. The number of nitrogens with zero attached hydrogens (tertiary/aromatic N) is 3. The van der Waals surface area contributed by atoms with Gasteiger partial charge in [-0.3, -0.25) is 19.1 Å². The molecule has 1 N–H and O–H groups in total. The Morgan fingerprint density at radius 3 is 2.78 bits per heavy atom. The van der Waals surface area contributed by atoms with Crippen LogP contribution in [0.4, 0.5) is 0 Å². The molecule has 2 heterocycles. The third-order valence-electron chi connectivity index (χ3n) is 5.58. The number of carbonyl (C=O) groups is 1. The van der Waals surface area contributed by atoms with E-state index in [1.54, 1.807) is 24.3 Å². The van der Waals surface area contributed by atoms with Gasteiger partial charge in [0.1, 0.15) is 18.7 Å². The Morgan fingerprint density at radius 2 is 2.00 bits per heavy atom. The standard InChI is InChI=1S/C24H28N4O4/c1-3-25-23(29)18-5-4-17(2)22(14-18)28-16-26-21-7-6-19(15-20(21)24(28)30)32-13-10-27-8-11-31-12-9-27/h4-7,14-16H,3,8-13H2,1-2H3,(H,25,29). The third kappa shape index (κ3) is 4.81. The molecule has 2 aromatic carbocycles. The van der Waals surface area contributed by atoms with Crippen LogP contribution >= 0.6 is 0 Å². The summed E-state index contributed by atoms with van der Waals surface area (Å²) in [5.74, 6) is 0.460. The van der Waals surface area contributed by atoms with Gasteiger partial charge in [-0.25, -0.2) is 4.98 Å². The highest BCUT2D eigenvalue weighted by atomic mass is 16.5. The lowest BCUT2D eigenvalue weighted by atomic mass is 10.1. The minimum atomic E-state index is -0.204. The first-order valence-corrected chi connectivity index (χ1v) is 10.9. The van der Waals surface area contributed by atoms with Crippen molar-refractivity contribution in [3.05, 3.63) is 64.2 Å². The van der Waals surface area contributed by atoms with Gasteiger partial charge in [0, 0.05) is 31.7 Å². The number of hydrogen-bond donors (Lipinski definition) is 1. The molecular formula is C24H28N4O4. The molecule has 32 heavy (non-hydrogen) atoms. The summed E-state index contributed by atoms with van der Waals surface area (Å²) in [4.78, 5) is 32.3. The van der Waals surface area contributed by atoms with Crippen LogP contribution in [-0.4, -0.2) is 66.4 Å². The SMILES string of the molecule is CCNC(=O)c1ccc(C)c(-n2cnc3ccc(OCCN4CCOCC4)cc3c2=O)c1. The van der Waals surface area contributed by atoms with Crippen molar-refractivity contribution in [3.8, 4) is 11.4 Å². The lowest BCUT2D eigenvalue weighted by molar-refractivity contribution is 0.0322. The molecular weight excluding hydrogens is 408 g/mol. The van der Waals surface area contributed by atoms with E-state index in [1.807, 2.05) is 26.0 Å². The molecule has 0 radical (unpaired) electrons. The van der Waals surface area contributed by atoms with Gasteiger partial charge in [-0.2, -0.15) is 0 Å². The highest BCUT2D eigenvalue weighted by Gasteiger charge is 2.13. The molecule has 8 nitrogen and oxygen atoms in total. The van der Waals surface area contributed by atoms with Gasteiger partial charge in [0.2, 0.25) is 0 Å². The van der Waals surface area contributed by atoms with E-state index in [4.69, 9.17) is 9.47 Å². The molecule has 0 saturated carbocycles. The molecule has 0 atom stereocenters. The fourth-order valence-corrected chi connectivity index (χ4v) is 3.75. The van der Waals surface area contributed by atoms with Gasteiger partial charge < -0.3 is 14.8 Å². The van der Waals surface area contributed by atoms with E-state index in [9.17, 15) is 9.59 Å². The fourth-order valence-electron chi connectivity index (χ4n) is 3.75. The van der Waals surface area contributed by atoms with Crippen LogP contribution < -0.4 is 15.6 Å². The maximum absolute atomic E-state index is 13.3. The van der Waals surface area contributed by atoms with Crippen molar-refractivity contribution in [2.24, 2.45) is 0 Å². The molecule has 168 valence electrons. The molecule has 0 bridgehead atoms. The normalized spacial score (nSPS) is 14.4. The van der Waals surface area contributed by atoms with Crippen LogP contribution in [0, 0.1) is 6.92 Å². The van der Waals surface area contributed by atoms with Gasteiger partial charge in [0.05, 0.1) is 29.8 Å². The number of aryl methyl sites for hydroxylation is 1. The van der Waals surface area contributed by atoms with Gasteiger partial charge in [-0.05, 0) is 49.7 Å².